The van der Waals surface area contributed by atoms with Crippen LogP contribution in [0.4, 0.5) is 0 Å². The summed E-state index contributed by atoms with van der Waals surface area (Å²) in [6.07, 6.45) is 2.13. The Morgan fingerprint density at radius 3 is 3.05 bits per heavy atom. The number of carbonyl (C=O) groups is 1. The van der Waals surface area contributed by atoms with Crippen LogP contribution in [0.5, 0.6) is 0 Å². The molecule has 2 aliphatic rings. The van der Waals surface area contributed by atoms with Crippen LogP contribution in [-0.4, -0.2) is 33.5 Å². The number of hydrogen-bond donors (Lipinski definition) is 2. The molecule has 1 amide bonds. The Morgan fingerprint density at radius 1 is 1.45 bits per heavy atom. The summed E-state index contributed by atoms with van der Waals surface area (Å²) in [6.45, 7) is 2.15. The molecule has 2 N–H and O–H groups in total. The zero-order valence-corrected chi connectivity index (χ0v) is 11.5. The zero-order valence-electron chi connectivity index (χ0n) is 11.5. The van der Waals surface area contributed by atoms with E-state index in [4.69, 9.17) is 0 Å². The molecule has 0 aliphatic carbocycles. The van der Waals surface area contributed by atoms with E-state index < -0.39 is 0 Å². The Morgan fingerprint density at radius 2 is 2.25 bits per heavy atom. The SMILES string of the molecule is C[C@]12CCC(=O)N1[C@H](CO)Cc1c2[nH]c2ccccc12. The topological polar surface area (TPSA) is 56.3 Å². The van der Waals surface area contributed by atoms with E-state index in [-0.39, 0.29) is 24.1 Å². The van der Waals surface area contributed by atoms with Crippen LogP contribution >= 0.6 is 0 Å². The van der Waals surface area contributed by atoms with Crippen molar-refractivity contribution >= 4 is 16.8 Å². The normalized spacial score (nSPS) is 28.8. The number of aliphatic hydroxyl groups is 1. The summed E-state index contributed by atoms with van der Waals surface area (Å²) in [4.78, 5) is 17.6. The van der Waals surface area contributed by atoms with Crippen molar-refractivity contribution in [3.63, 3.8) is 0 Å². The first-order chi connectivity index (χ1) is 9.65. The molecule has 1 saturated heterocycles. The average molecular weight is 270 g/mol. The smallest absolute Gasteiger partial charge is 0.223 e. The summed E-state index contributed by atoms with van der Waals surface area (Å²) in [7, 11) is 0. The second-order valence-corrected chi connectivity index (χ2v) is 6.10. The van der Waals surface area contributed by atoms with Gasteiger partial charge in [-0.1, -0.05) is 18.2 Å². The van der Waals surface area contributed by atoms with E-state index in [1.165, 1.54) is 10.9 Å². The second-order valence-electron chi connectivity index (χ2n) is 6.10. The molecule has 0 bridgehead atoms. The minimum absolute atomic E-state index is 0.0281. The van der Waals surface area contributed by atoms with Gasteiger partial charge in [0.2, 0.25) is 5.91 Å². The van der Waals surface area contributed by atoms with Crippen LogP contribution in [0.15, 0.2) is 24.3 Å². The fourth-order valence-corrected chi connectivity index (χ4v) is 4.06. The number of H-pyrrole nitrogens is 1. The highest BCUT2D eigenvalue weighted by atomic mass is 16.3. The van der Waals surface area contributed by atoms with E-state index in [1.54, 1.807) is 0 Å². The lowest BCUT2D eigenvalue weighted by Gasteiger charge is -2.44. The quantitative estimate of drug-likeness (QED) is 0.832. The summed E-state index contributed by atoms with van der Waals surface area (Å²) in [5.41, 5.74) is 3.26. The Balaban J connectivity index is 1.99. The Hall–Kier alpha value is -1.81. The first-order valence-corrected chi connectivity index (χ1v) is 7.18. The van der Waals surface area contributed by atoms with Gasteiger partial charge >= 0.3 is 0 Å². The van der Waals surface area contributed by atoms with Gasteiger partial charge in [0.25, 0.3) is 0 Å². The maximum atomic E-state index is 12.2. The second kappa shape index (κ2) is 3.85. The molecule has 1 aromatic heterocycles. The van der Waals surface area contributed by atoms with Crippen LogP contribution in [0.3, 0.4) is 0 Å². The van der Waals surface area contributed by atoms with E-state index >= 15 is 0 Å². The van der Waals surface area contributed by atoms with Crippen LogP contribution < -0.4 is 0 Å². The van der Waals surface area contributed by atoms with Crippen LogP contribution in [-0.2, 0) is 16.8 Å². The average Bonchev–Trinajstić information content (AvgIpc) is 2.98. The van der Waals surface area contributed by atoms with Gasteiger partial charge in [-0.15, -0.1) is 0 Å². The van der Waals surface area contributed by atoms with Gasteiger partial charge in [0.05, 0.1) is 18.2 Å². The highest BCUT2D eigenvalue weighted by molar-refractivity contribution is 5.88. The number of amides is 1. The number of para-hydroxylation sites is 1. The molecule has 2 atom stereocenters. The maximum Gasteiger partial charge on any atom is 0.223 e. The van der Waals surface area contributed by atoms with Crippen molar-refractivity contribution < 1.29 is 9.90 Å². The number of hydrogen-bond acceptors (Lipinski definition) is 2. The molecule has 1 fully saturated rings. The predicted molar refractivity (Wildman–Crippen MR) is 76.3 cm³/mol. The molecule has 4 nitrogen and oxygen atoms in total. The van der Waals surface area contributed by atoms with Crippen LogP contribution in [0.2, 0.25) is 0 Å². The van der Waals surface area contributed by atoms with Crippen molar-refractivity contribution in [1.82, 2.24) is 9.88 Å². The maximum absolute atomic E-state index is 12.2. The summed E-state index contributed by atoms with van der Waals surface area (Å²) >= 11 is 0. The van der Waals surface area contributed by atoms with Gasteiger partial charge in [0.1, 0.15) is 0 Å². The van der Waals surface area contributed by atoms with E-state index in [0.29, 0.717) is 6.42 Å². The number of nitrogens with one attached hydrogen (secondary N) is 1. The number of aromatic nitrogens is 1. The third kappa shape index (κ3) is 1.32. The number of carbonyl (C=O) groups excluding carboxylic acids is 1. The fraction of sp³-hybridized carbons (Fsp3) is 0.438. The minimum atomic E-state index is -0.295. The molecule has 1 aromatic carbocycles. The number of rotatable bonds is 1. The molecule has 0 radical (unpaired) electrons. The molecule has 20 heavy (non-hydrogen) atoms. The molecule has 0 unspecified atom stereocenters. The van der Waals surface area contributed by atoms with Crippen molar-refractivity contribution in [1.29, 1.82) is 0 Å². The van der Waals surface area contributed by atoms with Crippen molar-refractivity contribution in [3.05, 3.63) is 35.5 Å². The molecule has 0 spiro atoms. The lowest BCUT2D eigenvalue weighted by molar-refractivity contribution is -0.136. The molecular formula is C16H18N2O2. The zero-order chi connectivity index (χ0) is 13.9. The van der Waals surface area contributed by atoms with Crippen LogP contribution in [0.25, 0.3) is 10.9 Å². The predicted octanol–water partition coefficient (Wildman–Crippen LogP) is 1.92. The molecule has 104 valence electrons. The summed E-state index contributed by atoms with van der Waals surface area (Å²) in [5.74, 6) is 0.163. The van der Waals surface area contributed by atoms with Crippen molar-refractivity contribution in [2.45, 2.75) is 37.8 Å². The lowest BCUT2D eigenvalue weighted by Crippen LogP contribution is -2.53. The Labute approximate surface area is 117 Å². The van der Waals surface area contributed by atoms with E-state index in [1.807, 2.05) is 17.0 Å². The minimum Gasteiger partial charge on any atom is -0.394 e. The number of aromatic amines is 1. The highest BCUT2D eigenvalue weighted by Crippen LogP contribution is 2.47. The standard InChI is InChI=1S/C16H18N2O2/c1-16-7-6-14(20)18(16)10(9-19)8-12-11-4-2-3-5-13(11)17-15(12)16/h2-5,10,17,19H,6-9H2,1H3/t10-,16+/m0/s1. The monoisotopic (exact) mass is 270 g/mol. The summed E-state index contributed by atoms with van der Waals surface area (Å²) in [5, 5.41) is 10.9. The molecular weight excluding hydrogens is 252 g/mol. The number of benzene rings is 1. The number of nitrogens with zero attached hydrogens (tertiary/aromatic N) is 1. The van der Waals surface area contributed by atoms with Gasteiger partial charge in [-0.3, -0.25) is 4.79 Å². The van der Waals surface area contributed by atoms with Crippen molar-refractivity contribution in [2.24, 2.45) is 0 Å². The van der Waals surface area contributed by atoms with Crippen molar-refractivity contribution in [2.75, 3.05) is 6.61 Å². The fourth-order valence-electron chi connectivity index (χ4n) is 4.06. The van der Waals surface area contributed by atoms with Gasteiger partial charge in [-0.05, 0) is 31.4 Å². The summed E-state index contributed by atoms with van der Waals surface area (Å²) in [6, 6.07) is 8.16. The first kappa shape index (κ1) is 12.0. The number of aliphatic hydroxyl groups excluding tert-OH is 1. The summed E-state index contributed by atoms with van der Waals surface area (Å²) < 4.78 is 0. The molecule has 0 saturated carbocycles. The molecule has 4 rings (SSSR count). The third-order valence-electron chi connectivity index (χ3n) is 4.99. The Bertz CT molecular complexity index is 706. The van der Waals surface area contributed by atoms with Gasteiger partial charge in [0.15, 0.2) is 0 Å². The van der Waals surface area contributed by atoms with Gasteiger partial charge < -0.3 is 15.0 Å². The Kier molecular flexibility index (Phi) is 2.31. The van der Waals surface area contributed by atoms with Crippen molar-refractivity contribution in [3.8, 4) is 0 Å². The van der Waals surface area contributed by atoms with Gasteiger partial charge in [-0.2, -0.15) is 0 Å². The molecule has 2 aromatic rings. The van der Waals surface area contributed by atoms with Gasteiger partial charge in [0, 0.05) is 23.0 Å². The highest BCUT2D eigenvalue weighted by Gasteiger charge is 2.51. The lowest BCUT2D eigenvalue weighted by atomic mass is 9.83. The first-order valence-electron chi connectivity index (χ1n) is 7.18. The van der Waals surface area contributed by atoms with E-state index in [2.05, 4.69) is 24.0 Å². The van der Waals surface area contributed by atoms with Crippen LogP contribution in [0, 0.1) is 0 Å². The van der Waals surface area contributed by atoms with E-state index in [9.17, 15) is 9.90 Å². The van der Waals surface area contributed by atoms with E-state index in [0.717, 1.165) is 24.1 Å². The largest absolute Gasteiger partial charge is 0.394 e. The molecule has 2 aliphatic heterocycles. The third-order valence-corrected chi connectivity index (χ3v) is 4.99. The molecule has 3 heterocycles. The number of fused-ring (bicyclic) bond motifs is 5. The molecule has 4 heteroatoms. The van der Waals surface area contributed by atoms with Crippen LogP contribution in [0.1, 0.15) is 31.0 Å². The van der Waals surface area contributed by atoms with Gasteiger partial charge in [-0.25, -0.2) is 0 Å².